The summed E-state index contributed by atoms with van der Waals surface area (Å²) >= 11 is 0. The second kappa shape index (κ2) is 5.12. The zero-order chi connectivity index (χ0) is 11.6. The highest BCUT2D eigenvalue weighted by Gasteiger charge is 2.42. The molecule has 0 rings (SSSR count). The first-order valence-corrected chi connectivity index (χ1v) is 9.07. The molecule has 0 aliphatic carbocycles. The molecule has 2 nitrogen and oxygen atoms in total. The van der Waals surface area contributed by atoms with Crippen LogP contribution in [0.2, 0.25) is 0 Å². The van der Waals surface area contributed by atoms with Gasteiger partial charge in [-0.2, -0.15) is 13.2 Å². The lowest BCUT2D eigenvalue weighted by Crippen LogP contribution is -2.37. The molecule has 0 heterocycles. The van der Waals surface area contributed by atoms with Gasteiger partial charge in [0.05, 0.1) is 0 Å². The summed E-state index contributed by atoms with van der Waals surface area (Å²) < 4.78 is 41.1. The minimum atomic E-state index is -4.54. The van der Waals surface area contributed by atoms with E-state index in [0.717, 1.165) is 6.92 Å². The quantitative estimate of drug-likeness (QED) is 0.588. The summed E-state index contributed by atoms with van der Waals surface area (Å²) in [6, 6.07) is 0. The van der Waals surface area contributed by atoms with Crippen LogP contribution >= 0.6 is 24.5 Å². The van der Waals surface area contributed by atoms with E-state index in [0.29, 0.717) is 0 Å². The second-order valence-corrected chi connectivity index (χ2v) is 15.4. The fourth-order valence-electron chi connectivity index (χ4n) is 0.634. The van der Waals surface area contributed by atoms with Crippen LogP contribution in [-0.2, 0) is 17.5 Å². The van der Waals surface area contributed by atoms with Crippen LogP contribution in [0, 0.1) is 0 Å². The molecule has 14 heavy (non-hydrogen) atoms. The van der Waals surface area contributed by atoms with E-state index >= 15 is 0 Å². The molecule has 0 amide bonds. The second-order valence-electron chi connectivity index (χ2n) is 2.60. The molecule has 0 aromatic carbocycles. The van der Waals surface area contributed by atoms with Gasteiger partial charge in [-0.15, -0.1) is 8.00 Å². The number of ether oxygens (including phenoxy) is 1. The smallest absolute Gasteiger partial charge is 0.426 e. The van der Waals surface area contributed by atoms with Gasteiger partial charge >= 0.3 is 12.1 Å². The molecule has 2 atom stereocenters. The molecule has 0 radical (unpaired) electrons. The molecule has 0 aromatic heterocycles. The molecular weight excluding hydrogens is 274 g/mol. The van der Waals surface area contributed by atoms with Crippen molar-refractivity contribution >= 4 is 38.4 Å². The number of carbonyl (C=O) groups is 1. The first-order valence-electron chi connectivity index (χ1n) is 3.34. The third-order valence-corrected chi connectivity index (χ3v) is 3.49. The molecule has 2 unspecified atom stereocenters. The van der Waals surface area contributed by atoms with Crippen molar-refractivity contribution in [3.8, 4) is 0 Å². The minimum Gasteiger partial charge on any atom is -0.452 e. The Balaban J connectivity index is 4.67. The van der Waals surface area contributed by atoms with Crippen LogP contribution in [0.5, 0.6) is 0 Å². The molecule has 0 aliphatic rings. The van der Waals surface area contributed by atoms with Crippen molar-refractivity contribution in [2.24, 2.45) is 0 Å². The molecule has 0 N–H and O–H groups in total. The Morgan fingerprint density at radius 3 is 2.21 bits per heavy atom. The third-order valence-electron chi connectivity index (χ3n) is 1.09. The largest absolute Gasteiger partial charge is 0.452 e. The summed E-state index contributed by atoms with van der Waals surface area (Å²) in [6.45, 7) is 0.944. The number of esters is 1. The van der Waals surface area contributed by atoms with E-state index in [1.165, 1.54) is 0 Å². The summed E-state index contributed by atoms with van der Waals surface area (Å²) in [6.07, 6.45) is -6.62. The van der Waals surface area contributed by atoms with Gasteiger partial charge < -0.3 is 4.74 Å². The molecular formula is C5H10F3O2P3S. The number of alkyl halides is 3. The van der Waals surface area contributed by atoms with Crippen LogP contribution in [0.1, 0.15) is 6.92 Å². The summed E-state index contributed by atoms with van der Waals surface area (Å²) in [5.74, 6) is -1.30. The molecule has 0 fully saturated rings. The first kappa shape index (κ1) is 14.6. The van der Waals surface area contributed by atoms with Crippen LogP contribution in [0.3, 0.4) is 0 Å². The van der Waals surface area contributed by atoms with Gasteiger partial charge in [-0.25, -0.2) is 0 Å². The highest BCUT2D eigenvalue weighted by Crippen LogP contribution is 2.28. The van der Waals surface area contributed by atoms with Crippen LogP contribution in [0.25, 0.3) is 0 Å². The first-order chi connectivity index (χ1) is 6.02. The summed E-state index contributed by atoms with van der Waals surface area (Å²) in [7, 11) is 6.54. The Morgan fingerprint density at radius 2 is 2.00 bits per heavy atom. The highest BCUT2D eigenvalue weighted by molar-refractivity contribution is 8.68. The van der Waals surface area contributed by atoms with Crippen LogP contribution in [0.4, 0.5) is 13.2 Å². The Morgan fingerprint density at radius 1 is 1.57 bits per heavy atom. The number of rotatable bonds is 3. The predicted octanol–water partition coefficient (Wildman–Crippen LogP) is 2.54. The normalized spacial score (nSPS) is 14.9. The minimum absolute atomic E-state index is 0.353. The average Bonchev–Trinajstić information content (AvgIpc) is 1.78. The summed E-state index contributed by atoms with van der Waals surface area (Å²) in [4.78, 5) is 10.4. The van der Waals surface area contributed by atoms with Crippen LogP contribution < -0.4 is 0 Å². The molecule has 0 saturated carbocycles. The van der Waals surface area contributed by atoms with Gasteiger partial charge in [-0.1, -0.05) is 24.5 Å². The zero-order valence-corrected chi connectivity index (χ0v) is 11.2. The van der Waals surface area contributed by atoms with Crippen molar-refractivity contribution in [3.05, 3.63) is 0 Å². The van der Waals surface area contributed by atoms with Gasteiger partial charge in [0, 0.05) is 12.7 Å². The van der Waals surface area contributed by atoms with E-state index in [-0.39, 0.29) is 5.75 Å². The van der Waals surface area contributed by atoms with Crippen molar-refractivity contribution in [2.45, 2.75) is 19.2 Å². The van der Waals surface area contributed by atoms with Crippen molar-refractivity contribution in [3.63, 3.8) is 0 Å². The molecule has 0 saturated heterocycles. The Kier molecular flexibility index (Phi) is 5.35. The van der Waals surface area contributed by atoms with Gasteiger partial charge in [0.2, 0.25) is 6.10 Å². The highest BCUT2D eigenvalue weighted by atomic mass is 33.1. The Bertz CT molecular complexity index is 311. The molecule has 84 valence electrons. The standard InChI is InChI=1S/C5H10F3O2P3S/c1-3(9)10-4(5(6,7)8)2-14(11,12)13/h4,11-12H,2,13H2,1H3. The van der Waals surface area contributed by atoms with Gasteiger partial charge in [0.15, 0.2) is 0 Å². The topological polar surface area (TPSA) is 26.3 Å². The molecule has 0 aliphatic heterocycles. The van der Waals surface area contributed by atoms with Crippen molar-refractivity contribution in [1.29, 1.82) is 0 Å². The van der Waals surface area contributed by atoms with Crippen LogP contribution in [-0.4, -0.2) is 24.0 Å². The lowest BCUT2D eigenvalue weighted by atomic mass is 10.4. The monoisotopic (exact) mass is 284 g/mol. The zero-order valence-electron chi connectivity index (χ0n) is 7.22. The van der Waals surface area contributed by atoms with E-state index in [4.69, 9.17) is 0 Å². The molecule has 0 aromatic rings. The molecule has 0 bridgehead atoms. The number of carbonyl (C=O) groups excluding carboxylic acids is 1. The average molecular weight is 284 g/mol. The summed E-state index contributed by atoms with van der Waals surface area (Å²) in [5.41, 5.74) is 0. The van der Waals surface area contributed by atoms with Crippen LogP contribution in [0.15, 0.2) is 0 Å². The fourth-order valence-corrected chi connectivity index (χ4v) is 2.80. The molecule has 0 spiro atoms. The maximum absolute atomic E-state index is 12.3. The summed E-state index contributed by atoms with van der Waals surface area (Å²) in [5, 5.41) is 0. The lowest BCUT2D eigenvalue weighted by Gasteiger charge is -2.21. The van der Waals surface area contributed by atoms with E-state index in [1.807, 2.05) is 0 Å². The fraction of sp³-hybridized carbons (Fsp3) is 0.800. The van der Waals surface area contributed by atoms with Gasteiger partial charge in [0.1, 0.15) is 0 Å². The van der Waals surface area contributed by atoms with E-state index in [1.54, 1.807) is 0 Å². The van der Waals surface area contributed by atoms with Crippen molar-refractivity contribution in [2.75, 3.05) is 5.75 Å². The maximum Gasteiger partial charge on any atom is 0.426 e. The lowest BCUT2D eigenvalue weighted by molar-refractivity contribution is -0.213. The maximum atomic E-state index is 12.3. The third kappa shape index (κ3) is 7.00. The van der Waals surface area contributed by atoms with E-state index < -0.39 is 26.3 Å². The van der Waals surface area contributed by atoms with E-state index in [9.17, 15) is 18.0 Å². The molecule has 9 heteroatoms. The van der Waals surface area contributed by atoms with Gasteiger partial charge in [0.25, 0.3) is 0 Å². The van der Waals surface area contributed by atoms with Crippen molar-refractivity contribution < 1.29 is 22.7 Å². The predicted molar refractivity (Wildman–Crippen MR) is 60.2 cm³/mol. The number of hydrogen-bond donors (Lipinski definition) is 0. The number of hydrogen-bond acceptors (Lipinski definition) is 2. The van der Waals surface area contributed by atoms with Gasteiger partial charge in [-0.3, -0.25) is 4.79 Å². The SMILES string of the molecule is CC(=O)OC(CS(=P)(=P)P)C(F)(F)F. The van der Waals surface area contributed by atoms with Gasteiger partial charge in [-0.05, 0) is 0 Å². The van der Waals surface area contributed by atoms with E-state index in [2.05, 4.69) is 29.2 Å². The Labute approximate surface area is 86.5 Å². The Hall–Kier alpha value is 0.640. The van der Waals surface area contributed by atoms with Crippen molar-refractivity contribution in [1.82, 2.24) is 0 Å². The number of halogens is 3.